The molecule has 10 aromatic rings. The summed E-state index contributed by atoms with van der Waals surface area (Å²) in [6.45, 7) is 9.04. The van der Waals surface area contributed by atoms with Crippen molar-refractivity contribution < 1.29 is 0 Å². The lowest BCUT2D eigenvalue weighted by Crippen LogP contribution is -2.27. The van der Waals surface area contributed by atoms with E-state index in [1.807, 2.05) is 0 Å². The zero-order chi connectivity index (χ0) is 39.8. The monoisotopic (exact) mass is 756 g/mol. The lowest BCUT2D eigenvalue weighted by atomic mass is 9.82. The molecular formula is C57H44N2. The first kappa shape index (κ1) is 35.0. The molecule has 2 nitrogen and oxygen atoms in total. The molecule has 0 fully saturated rings. The van der Waals surface area contributed by atoms with Crippen molar-refractivity contribution in [2.45, 2.75) is 33.1 Å². The number of rotatable bonds is 5. The lowest BCUT2D eigenvalue weighted by Gasteiger charge is -2.22. The van der Waals surface area contributed by atoms with Crippen LogP contribution in [0, 0.1) is 0 Å². The van der Waals surface area contributed by atoms with Gasteiger partial charge in [0.25, 0.3) is 0 Å². The van der Waals surface area contributed by atoms with E-state index in [4.69, 9.17) is 0 Å². The molecule has 0 saturated heterocycles. The highest BCUT2D eigenvalue weighted by atomic mass is 15.0. The molecule has 11 rings (SSSR count). The van der Waals surface area contributed by atoms with Gasteiger partial charge in [0.1, 0.15) is 0 Å². The van der Waals surface area contributed by atoms with Gasteiger partial charge >= 0.3 is 0 Å². The summed E-state index contributed by atoms with van der Waals surface area (Å²) in [5.74, 6) is 0. The van der Waals surface area contributed by atoms with E-state index in [1.54, 1.807) is 0 Å². The minimum absolute atomic E-state index is 0.120. The van der Waals surface area contributed by atoms with E-state index in [2.05, 4.69) is 231 Å². The first-order valence-corrected chi connectivity index (χ1v) is 20.8. The van der Waals surface area contributed by atoms with Crippen LogP contribution in [0.4, 0.5) is 0 Å². The Balaban J connectivity index is 1.17. The molecule has 0 unspecified atom stereocenters. The van der Waals surface area contributed by atoms with Gasteiger partial charge in [0, 0.05) is 43.4 Å². The van der Waals surface area contributed by atoms with E-state index in [-0.39, 0.29) is 5.41 Å². The first-order valence-electron chi connectivity index (χ1n) is 20.8. The van der Waals surface area contributed by atoms with Crippen molar-refractivity contribution in [2.24, 2.45) is 0 Å². The van der Waals surface area contributed by atoms with Gasteiger partial charge in [0.2, 0.25) is 0 Å². The number of fused-ring (bicyclic) bond motifs is 7. The van der Waals surface area contributed by atoms with Crippen molar-refractivity contribution in [1.29, 1.82) is 0 Å². The molecule has 0 radical (unpaired) electrons. The van der Waals surface area contributed by atoms with E-state index in [1.165, 1.54) is 110 Å². The van der Waals surface area contributed by atoms with Gasteiger partial charge in [-0.15, -0.1) is 0 Å². The third-order valence-electron chi connectivity index (χ3n) is 12.9. The summed E-state index contributed by atoms with van der Waals surface area (Å²) in [6, 6.07) is 67.4. The summed E-state index contributed by atoms with van der Waals surface area (Å²) in [7, 11) is 0. The summed E-state index contributed by atoms with van der Waals surface area (Å²) in [4.78, 5) is 0. The Hall–Kier alpha value is -7.16. The van der Waals surface area contributed by atoms with Crippen molar-refractivity contribution in [3.63, 3.8) is 0 Å². The van der Waals surface area contributed by atoms with Crippen molar-refractivity contribution >= 4 is 44.9 Å². The maximum Gasteiger partial charge on any atom is 0.0544 e. The summed E-state index contributed by atoms with van der Waals surface area (Å²) in [5.41, 5.74) is 18.5. The van der Waals surface area contributed by atoms with Gasteiger partial charge < -0.3 is 9.13 Å². The van der Waals surface area contributed by atoms with Crippen molar-refractivity contribution in [3.8, 4) is 55.9 Å². The normalized spacial score (nSPS) is 13.8. The molecular weight excluding hydrogens is 713 g/mol. The fourth-order valence-electron chi connectivity index (χ4n) is 10.0. The Bertz CT molecular complexity index is 3400. The van der Waals surface area contributed by atoms with E-state index < -0.39 is 0 Å². The highest BCUT2D eigenvalue weighted by molar-refractivity contribution is 6.13. The Morgan fingerprint density at radius 1 is 0.390 bits per heavy atom. The second-order valence-corrected chi connectivity index (χ2v) is 16.4. The third kappa shape index (κ3) is 5.33. The minimum atomic E-state index is -0.120. The molecule has 0 N–H and O–H groups in total. The predicted octanol–water partition coefficient (Wildman–Crippen LogP) is 13.6. The summed E-state index contributed by atoms with van der Waals surface area (Å²) in [5, 5.41) is 6.25. The van der Waals surface area contributed by atoms with Gasteiger partial charge in [-0.1, -0.05) is 147 Å². The van der Waals surface area contributed by atoms with Crippen LogP contribution in [0.2, 0.25) is 0 Å². The number of benzene rings is 8. The maximum atomic E-state index is 2.53. The average molecular weight is 757 g/mol. The van der Waals surface area contributed by atoms with Crippen LogP contribution in [0.15, 0.2) is 182 Å². The minimum Gasteiger partial charge on any atom is -0.310 e. The second kappa shape index (κ2) is 13.5. The summed E-state index contributed by atoms with van der Waals surface area (Å²) >= 11 is 0. The molecule has 0 saturated carbocycles. The van der Waals surface area contributed by atoms with Gasteiger partial charge in [-0.05, 0) is 125 Å². The molecule has 0 amide bonds. The van der Waals surface area contributed by atoms with E-state index in [0.29, 0.717) is 0 Å². The van der Waals surface area contributed by atoms with Crippen LogP contribution >= 0.6 is 0 Å². The molecule has 2 heterocycles. The quantitative estimate of drug-likeness (QED) is 0.165. The molecule has 2 aromatic heterocycles. The van der Waals surface area contributed by atoms with Gasteiger partial charge in [0.05, 0.1) is 22.2 Å². The van der Waals surface area contributed by atoms with Crippen LogP contribution in [0.25, 0.3) is 101 Å². The molecule has 8 aromatic carbocycles. The first-order chi connectivity index (χ1) is 28.9. The Labute approximate surface area is 345 Å². The highest BCUT2D eigenvalue weighted by Gasteiger charge is 2.36. The zero-order valence-corrected chi connectivity index (χ0v) is 33.9. The van der Waals surface area contributed by atoms with Gasteiger partial charge in [-0.25, -0.2) is 0 Å². The van der Waals surface area contributed by atoms with Gasteiger partial charge in [-0.3, -0.25) is 0 Å². The zero-order valence-electron chi connectivity index (χ0n) is 33.9. The Kier molecular flexibility index (Phi) is 8.00. The standard InChI is InChI=1S/C57H44N2/c1-5-43-47-34-41(28-30-54(47)58(52(43)6-2)42-22-14-9-15-23-42)40-27-29-53(45(32-40)38-20-12-8-13-21-38)59-55-31-26-39(37-18-10-7-11-19-37)33-48(55)49-35-46-44-24-16-17-25-50(44)57(3,4)51(46)36-56(49)59/h5-36H,1-4H3/b43-5-,52-6+. The van der Waals surface area contributed by atoms with Gasteiger partial charge in [-0.2, -0.15) is 0 Å². The fraction of sp³-hybridized carbons (Fsp3) is 0.0877. The molecule has 59 heavy (non-hydrogen) atoms. The molecule has 0 aliphatic heterocycles. The SMILES string of the molecule is C/C=c1\c(=C/C)n(-c2ccccc2)c2ccc(-c3ccc(-n4c5ccc(-c6ccccc6)cc5c5cc6c(cc54)C(C)(C)c4ccccc4-6)c(-c4ccccc4)c3)cc12. The largest absolute Gasteiger partial charge is 0.310 e. The summed E-state index contributed by atoms with van der Waals surface area (Å²) in [6.07, 6.45) is 4.48. The van der Waals surface area contributed by atoms with Gasteiger partial charge in [0.15, 0.2) is 0 Å². The van der Waals surface area contributed by atoms with Crippen LogP contribution in [0.5, 0.6) is 0 Å². The number of nitrogens with zero attached hydrogens (tertiary/aromatic N) is 2. The molecule has 2 heteroatoms. The average Bonchev–Trinajstić information content (AvgIpc) is 3.87. The molecule has 0 atom stereocenters. The highest BCUT2D eigenvalue weighted by Crippen LogP contribution is 2.51. The van der Waals surface area contributed by atoms with Crippen molar-refractivity contribution in [3.05, 3.63) is 204 Å². The molecule has 0 spiro atoms. The molecule has 1 aliphatic rings. The topological polar surface area (TPSA) is 9.86 Å². The number of para-hydroxylation sites is 1. The Morgan fingerprint density at radius 2 is 0.966 bits per heavy atom. The molecule has 0 bridgehead atoms. The fourth-order valence-corrected chi connectivity index (χ4v) is 10.0. The van der Waals surface area contributed by atoms with Crippen molar-refractivity contribution in [2.75, 3.05) is 0 Å². The van der Waals surface area contributed by atoms with Crippen LogP contribution in [0.3, 0.4) is 0 Å². The summed E-state index contributed by atoms with van der Waals surface area (Å²) < 4.78 is 4.91. The third-order valence-corrected chi connectivity index (χ3v) is 12.9. The number of hydrogen-bond donors (Lipinski definition) is 0. The van der Waals surface area contributed by atoms with E-state index in [0.717, 1.165) is 0 Å². The van der Waals surface area contributed by atoms with Crippen LogP contribution in [-0.2, 0) is 5.41 Å². The predicted molar refractivity (Wildman–Crippen MR) is 251 cm³/mol. The van der Waals surface area contributed by atoms with E-state index in [9.17, 15) is 0 Å². The molecule has 1 aliphatic carbocycles. The smallest absolute Gasteiger partial charge is 0.0544 e. The number of aromatic nitrogens is 2. The van der Waals surface area contributed by atoms with Crippen molar-refractivity contribution in [1.82, 2.24) is 9.13 Å². The van der Waals surface area contributed by atoms with E-state index >= 15 is 0 Å². The lowest BCUT2D eigenvalue weighted by molar-refractivity contribution is 0.661. The van der Waals surface area contributed by atoms with Crippen LogP contribution in [-0.4, -0.2) is 9.13 Å². The maximum absolute atomic E-state index is 2.53. The second-order valence-electron chi connectivity index (χ2n) is 16.4. The van der Waals surface area contributed by atoms with Crippen LogP contribution in [0.1, 0.15) is 38.8 Å². The number of hydrogen-bond acceptors (Lipinski definition) is 0. The Morgan fingerprint density at radius 3 is 1.68 bits per heavy atom. The molecule has 282 valence electrons. The van der Waals surface area contributed by atoms with Crippen LogP contribution < -0.4 is 10.6 Å².